The van der Waals surface area contributed by atoms with Gasteiger partial charge in [-0.15, -0.1) is 35.3 Å². The second-order valence-electron chi connectivity index (χ2n) is 5.96. The van der Waals surface area contributed by atoms with Crippen molar-refractivity contribution in [2.24, 2.45) is 10.9 Å². The van der Waals surface area contributed by atoms with E-state index in [4.69, 9.17) is 0 Å². The fourth-order valence-electron chi connectivity index (χ4n) is 2.60. The minimum Gasteiger partial charge on any atom is -0.356 e. The van der Waals surface area contributed by atoms with Crippen LogP contribution in [0, 0.1) is 12.8 Å². The van der Waals surface area contributed by atoms with E-state index >= 15 is 0 Å². The van der Waals surface area contributed by atoms with Crippen molar-refractivity contribution in [1.29, 1.82) is 0 Å². The zero-order chi connectivity index (χ0) is 19.4. The largest absolute Gasteiger partial charge is 0.511 e. The van der Waals surface area contributed by atoms with Gasteiger partial charge in [0.15, 0.2) is 5.96 Å². The van der Waals surface area contributed by atoms with Gasteiger partial charge in [0.1, 0.15) is 5.01 Å². The van der Waals surface area contributed by atoms with Crippen molar-refractivity contribution in [2.45, 2.75) is 31.8 Å². The Labute approximate surface area is 177 Å². The molecule has 0 aliphatic carbocycles. The molecule has 0 atom stereocenters. The average molecular weight is 541 g/mol. The third kappa shape index (κ3) is 6.71. The quantitative estimate of drug-likeness (QED) is 0.340. The van der Waals surface area contributed by atoms with Gasteiger partial charge in [-0.1, -0.05) is 0 Å². The Morgan fingerprint density at radius 2 is 2.00 bits per heavy atom. The lowest BCUT2D eigenvalue weighted by Crippen LogP contribution is -2.47. The Morgan fingerprint density at radius 3 is 2.48 bits per heavy atom. The number of rotatable bonds is 5. The molecule has 0 unspecified atom stereocenters. The number of alkyl halides is 3. The second kappa shape index (κ2) is 10.2. The standard InChI is InChI=1S/C14H22F3N5O2S2.HI/c1-10-7-19-12(25-10)9-21-13(18-2)20-8-11-3-5-22(6-4-11)26(23,24)14(15,16)17;/h7,11H,3-6,8-9H2,1-2H3,(H2,18,20,21);1H. The van der Waals surface area contributed by atoms with Crippen molar-refractivity contribution < 1.29 is 21.6 Å². The maximum Gasteiger partial charge on any atom is 0.511 e. The smallest absolute Gasteiger partial charge is 0.356 e. The SMILES string of the molecule is CN=C(NCc1ncc(C)s1)NCC1CCN(S(=O)(=O)C(F)(F)F)CC1.I. The van der Waals surface area contributed by atoms with Gasteiger partial charge < -0.3 is 10.6 Å². The molecule has 1 aliphatic rings. The number of halogens is 4. The highest BCUT2D eigenvalue weighted by molar-refractivity contribution is 14.0. The van der Waals surface area contributed by atoms with Crippen LogP contribution >= 0.6 is 35.3 Å². The van der Waals surface area contributed by atoms with Gasteiger partial charge in [0.25, 0.3) is 0 Å². The van der Waals surface area contributed by atoms with Crippen LogP contribution in [0.3, 0.4) is 0 Å². The van der Waals surface area contributed by atoms with E-state index in [1.54, 1.807) is 24.6 Å². The summed E-state index contributed by atoms with van der Waals surface area (Å²) < 4.78 is 61.0. The molecule has 0 amide bonds. The van der Waals surface area contributed by atoms with Crippen LogP contribution in [-0.2, 0) is 16.6 Å². The van der Waals surface area contributed by atoms with Crippen molar-refractivity contribution >= 4 is 51.3 Å². The Kier molecular flexibility index (Phi) is 9.21. The molecule has 27 heavy (non-hydrogen) atoms. The summed E-state index contributed by atoms with van der Waals surface area (Å²) in [5.74, 6) is 0.651. The summed E-state index contributed by atoms with van der Waals surface area (Å²) in [6.45, 7) is 2.76. The lowest BCUT2D eigenvalue weighted by Gasteiger charge is -2.31. The summed E-state index contributed by atoms with van der Waals surface area (Å²) in [7, 11) is -3.60. The molecule has 2 heterocycles. The zero-order valence-electron chi connectivity index (χ0n) is 14.9. The van der Waals surface area contributed by atoms with Gasteiger partial charge in [-0.05, 0) is 25.7 Å². The maximum atomic E-state index is 12.6. The minimum absolute atomic E-state index is 0. The molecule has 2 rings (SSSR count). The highest BCUT2D eigenvalue weighted by Gasteiger charge is 2.50. The van der Waals surface area contributed by atoms with Crippen LogP contribution in [0.15, 0.2) is 11.2 Å². The summed E-state index contributed by atoms with van der Waals surface area (Å²) in [6, 6.07) is 0. The Hall–Kier alpha value is -0.670. The maximum absolute atomic E-state index is 12.6. The first-order chi connectivity index (χ1) is 12.1. The highest BCUT2D eigenvalue weighted by Crippen LogP contribution is 2.30. The molecular formula is C14H23F3IN5O2S2. The number of piperidine rings is 1. The molecule has 2 N–H and O–H groups in total. The Balaban J connectivity index is 0.00000364. The summed E-state index contributed by atoms with van der Waals surface area (Å²) >= 11 is 1.58. The lowest BCUT2D eigenvalue weighted by atomic mass is 9.98. The van der Waals surface area contributed by atoms with Gasteiger partial charge in [-0.25, -0.2) is 13.4 Å². The molecule has 1 saturated heterocycles. The Morgan fingerprint density at radius 1 is 1.37 bits per heavy atom. The lowest BCUT2D eigenvalue weighted by molar-refractivity contribution is -0.0496. The van der Waals surface area contributed by atoms with Gasteiger partial charge in [0.05, 0.1) is 6.54 Å². The van der Waals surface area contributed by atoms with Crippen molar-refractivity contribution in [3.8, 4) is 0 Å². The van der Waals surface area contributed by atoms with E-state index in [-0.39, 0.29) is 43.0 Å². The molecule has 13 heteroatoms. The van der Waals surface area contributed by atoms with Crippen LogP contribution in [0.1, 0.15) is 22.7 Å². The zero-order valence-corrected chi connectivity index (χ0v) is 18.9. The number of hydrogen-bond acceptors (Lipinski definition) is 5. The molecule has 1 aromatic rings. The van der Waals surface area contributed by atoms with Crippen LogP contribution in [0.2, 0.25) is 0 Å². The van der Waals surface area contributed by atoms with E-state index in [1.165, 1.54) is 0 Å². The molecule has 156 valence electrons. The monoisotopic (exact) mass is 541 g/mol. The van der Waals surface area contributed by atoms with E-state index in [1.807, 2.05) is 6.92 Å². The van der Waals surface area contributed by atoms with Crippen LogP contribution in [-0.4, -0.2) is 55.9 Å². The van der Waals surface area contributed by atoms with Crippen molar-refractivity contribution in [2.75, 3.05) is 26.7 Å². The first-order valence-corrected chi connectivity index (χ1v) is 10.3. The number of thiazole rings is 1. The number of aliphatic imine (C=N–C) groups is 1. The molecule has 0 aromatic carbocycles. The first kappa shape index (κ1) is 24.4. The number of guanidine groups is 1. The van der Waals surface area contributed by atoms with E-state index < -0.39 is 15.5 Å². The fourth-order valence-corrected chi connectivity index (χ4v) is 4.32. The minimum atomic E-state index is -5.24. The van der Waals surface area contributed by atoms with Crippen LogP contribution in [0.4, 0.5) is 13.2 Å². The predicted molar refractivity (Wildman–Crippen MR) is 110 cm³/mol. The molecule has 0 spiro atoms. The average Bonchev–Trinajstić information content (AvgIpc) is 3.00. The predicted octanol–water partition coefficient (Wildman–Crippen LogP) is 2.30. The number of aromatic nitrogens is 1. The first-order valence-electron chi connectivity index (χ1n) is 8.05. The van der Waals surface area contributed by atoms with Gasteiger partial charge in [-0.2, -0.15) is 17.5 Å². The molecule has 1 fully saturated rings. The molecule has 0 bridgehead atoms. The van der Waals surface area contributed by atoms with Crippen molar-refractivity contribution in [3.63, 3.8) is 0 Å². The van der Waals surface area contributed by atoms with E-state index in [0.29, 0.717) is 36.2 Å². The normalized spacial score (nSPS) is 17.4. The van der Waals surface area contributed by atoms with Gasteiger partial charge >= 0.3 is 15.5 Å². The number of nitrogens with zero attached hydrogens (tertiary/aromatic N) is 3. The third-order valence-corrected chi connectivity index (χ3v) is 6.61. The number of sulfonamides is 1. The van der Waals surface area contributed by atoms with Crippen molar-refractivity contribution in [1.82, 2.24) is 19.9 Å². The molecule has 0 saturated carbocycles. The topological polar surface area (TPSA) is 86.7 Å². The number of nitrogens with one attached hydrogen (secondary N) is 2. The number of aryl methyl sites for hydroxylation is 1. The Bertz CT molecular complexity index is 731. The highest BCUT2D eigenvalue weighted by atomic mass is 127. The summed E-state index contributed by atoms with van der Waals surface area (Å²) in [5, 5.41) is 7.18. The second-order valence-corrected chi connectivity index (χ2v) is 9.21. The van der Waals surface area contributed by atoms with Gasteiger partial charge in [0.2, 0.25) is 0 Å². The molecule has 1 aliphatic heterocycles. The van der Waals surface area contributed by atoms with E-state index in [9.17, 15) is 21.6 Å². The summed E-state index contributed by atoms with van der Waals surface area (Å²) in [6.07, 6.45) is 2.52. The summed E-state index contributed by atoms with van der Waals surface area (Å²) in [5.41, 5.74) is -5.24. The van der Waals surface area contributed by atoms with E-state index in [0.717, 1.165) is 9.88 Å². The summed E-state index contributed by atoms with van der Waals surface area (Å²) in [4.78, 5) is 9.46. The van der Waals surface area contributed by atoms with Crippen molar-refractivity contribution in [3.05, 3.63) is 16.1 Å². The van der Waals surface area contributed by atoms with E-state index in [2.05, 4.69) is 20.6 Å². The molecule has 1 aromatic heterocycles. The van der Waals surface area contributed by atoms with Crippen LogP contribution < -0.4 is 10.6 Å². The molecular weight excluding hydrogens is 518 g/mol. The fraction of sp³-hybridized carbons (Fsp3) is 0.714. The van der Waals surface area contributed by atoms with Crippen LogP contribution in [0.25, 0.3) is 0 Å². The third-order valence-electron chi connectivity index (χ3n) is 4.06. The molecule has 7 nitrogen and oxygen atoms in total. The molecule has 0 radical (unpaired) electrons. The van der Waals surface area contributed by atoms with Crippen LogP contribution in [0.5, 0.6) is 0 Å². The number of hydrogen-bond donors (Lipinski definition) is 2. The van der Waals surface area contributed by atoms with Gasteiger partial charge in [0, 0.05) is 37.8 Å². The van der Waals surface area contributed by atoms with Gasteiger partial charge in [-0.3, -0.25) is 4.99 Å².